The van der Waals surface area contributed by atoms with Crippen molar-refractivity contribution in [2.75, 3.05) is 0 Å². The molecule has 0 saturated carbocycles. The topological polar surface area (TPSA) is 0 Å². The second-order valence-electron chi connectivity index (χ2n) is 2.01. The van der Waals surface area contributed by atoms with Crippen LogP contribution in [-0.4, -0.2) is 9.52 Å². The van der Waals surface area contributed by atoms with Crippen LogP contribution in [-0.2, 0) is 0 Å². The van der Waals surface area contributed by atoms with Crippen LogP contribution in [0.2, 0.25) is 0 Å². The minimum Gasteiger partial charge on any atom is -0.130 e. The van der Waals surface area contributed by atoms with E-state index in [9.17, 15) is 0 Å². The van der Waals surface area contributed by atoms with E-state index in [1.54, 1.807) is 6.08 Å². The van der Waals surface area contributed by atoms with Gasteiger partial charge in [0.25, 0.3) is 0 Å². The lowest BCUT2D eigenvalue weighted by molar-refractivity contribution is 1.41. The van der Waals surface area contributed by atoms with Gasteiger partial charge in [-0.2, -0.15) is 0 Å². The third kappa shape index (κ3) is 7.26. The molecule has 0 amide bonds. The molecule has 0 fully saturated rings. The minimum absolute atomic E-state index is 0.242. The fraction of sp³-hybridized carbons (Fsp3) is 0.250. The summed E-state index contributed by atoms with van der Waals surface area (Å²) in [5.41, 5.74) is 6.67. The van der Waals surface area contributed by atoms with Gasteiger partial charge in [-0.3, -0.25) is 0 Å². The average Bonchev–Trinajstić information content (AvgIpc) is 1.80. The van der Waals surface area contributed by atoms with Crippen LogP contribution < -0.4 is 0 Å². The highest BCUT2D eigenvalue weighted by atomic mass is 28.2. The largest absolute Gasteiger partial charge is 0.130 e. The molecule has 0 aliphatic heterocycles. The van der Waals surface area contributed by atoms with E-state index in [0.29, 0.717) is 0 Å². The number of hydrogen-bond donors (Lipinski definition) is 0. The minimum atomic E-state index is -0.242. The molecular formula is C8H12Si. The molecule has 0 aliphatic rings. The van der Waals surface area contributed by atoms with Gasteiger partial charge in [-0.15, -0.1) is 5.54 Å². The molecule has 48 valence electrons. The lowest BCUT2D eigenvalue weighted by Crippen LogP contribution is -1.78. The molecule has 0 spiro atoms. The molecule has 0 N–H and O–H groups in total. The number of allylic oxidation sites excluding steroid dienone is 2. The normalized spacial score (nSPS) is 8.22. The van der Waals surface area contributed by atoms with Gasteiger partial charge in [-0.05, 0) is 19.9 Å². The Morgan fingerprint density at radius 3 is 2.67 bits per heavy atom. The van der Waals surface area contributed by atoms with Gasteiger partial charge in [0.2, 0.25) is 0 Å². The number of rotatable bonds is 1. The molecule has 0 aliphatic carbocycles. The van der Waals surface area contributed by atoms with Crippen molar-refractivity contribution in [3.63, 3.8) is 0 Å². The van der Waals surface area contributed by atoms with Crippen molar-refractivity contribution in [2.45, 2.75) is 13.8 Å². The predicted octanol–water partition coefficient (Wildman–Crippen LogP) is 1.23. The molecule has 0 aromatic rings. The molecule has 0 rings (SSSR count). The van der Waals surface area contributed by atoms with Gasteiger partial charge in [0.15, 0.2) is 0 Å². The Balaban J connectivity index is 3.52. The van der Waals surface area contributed by atoms with Crippen molar-refractivity contribution < 1.29 is 0 Å². The van der Waals surface area contributed by atoms with E-state index in [1.165, 1.54) is 5.57 Å². The van der Waals surface area contributed by atoms with Crippen LogP contribution >= 0.6 is 0 Å². The average molecular weight is 136 g/mol. The molecule has 1 heteroatoms. The Bertz CT molecular complexity index is 163. The van der Waals surface area contributed by atoms with Crippen molar-refractivity contribution >= 4 is 9.52 Å². The van der Waals surface area contributed by atoms with Crippen LogP contribution in [0.25, 0.3) is 0 Å². The van der Waals surface area contributed by atoms with Gasteiger partial charge in [0.1, 0.15) is 9.52 Å². The fourth-order valence-electron chi connectivity index (χ4n) is 0.386. The van der Waals surface area contributed by atoms with Gasteiger partial charge >= 0.3 is 0 Å². The van der Waals surface area contributed by atoms with Gasteiger partial charge in [-0.25, -0.2) is 0 Å². The molecule has 0 saturated heterocycles. The summed E-state index contributed by atoms with van der Waals surface area (Å²) in [6.07, 6.45) is 1.64. The van der Waals surface area contributed by atoms with Crippen LogP contribution in [0, 0.1) is 11.5 Å². The maximum Gasteiger partial charge on any atom is 0.130 e. The number of hydrogen-bond acceptors (Lipinski definition) is 0. The smallest absolute Gasteiger partial charge is 0.130 e. The van der Waals surface area contributed by atoms with Crippen LogP contribution in [0.15, 0.2) is 23.9 Å². The van der Waals surface area contributed by atoms with E-state index in [4.69, 9.17) is 0 Å². The Labute approximate surface area is 59.5 Å². The van der Waals surface area contributed by atoms with Gasteiger partial charge in [-0.1, -0.05) is 23.8 Å². The predicted molar refractivity (Wildman–Crippen MR) is 45.9 cm³/mol. The molecule has 9 heavy (non-hydrogen) atoms. The summed E-state index contributed by atoms with van der Waals surface area (Å²) in [5.74, 6) is 2.83. The van der Waals surface area contributed by atoms with Gasteiger partial charge in [0, 0.05) is 0 Å². The zero-order chi connectivity index (χ0) is 7.11. The highest BCUT2D eigenvalue weighted by Crippen LogP contribution is 1.83. The lowest BCUT2D eigenvalue weighted by Gasteiger charge is -1.80. The summed E-state index contributed by atoms with van der Waals surface area (Å²) >= 11 is 0. The monoisotopic (exact) mass is 136 g/mol. The first-order chi connectivity index (χ1) is 4.27. The van der Waals surface area contributed by atoms with E-state index in [-0.39, 0.29) is 9.52 Å². The molecule has 0 nitrogen and oxygen atoms in total. The Morgan fingerprint density at radius 2 is 2.22 bits per heavy atom. The molecule has 0 radical (unpaired) electrons. The van der Waals surface area contributed by atoms with E-state index >= 15 is 0 Å². The maximum absolute atomic E-state index is 3.51. The Hall–Kier alpha value is -0.743. The van der Waals surface area contributed by atoms with Gasteiger partial charge < -0.3 is 0 Å². The van der Waals surface area contributed by atoms with Crippen molar-refractivity contribution in [2.24, 2.45) is 0 Å². The van der Waals surface area contributed by atoms with Crippen molar-refractivity contribution in [3.05, 3.63) is 23.9 Å². The Morgan fingerprint density at radius 1 is 1.56 bits per heavy atom. The molecular weight excluding hydrogens is 124 g/mol. The maximum atomic E-state index is 3.51. The third-order valence-corrected chi connectivity index (χ3v) is 2.25. The molecule has 0 aromatic heterocycles. The highest BCUT2D eigenvalue weighted by Gasteiger charge is 1.72. The van der Waals surface area contributed by atoms with Crippen LogP contribution in [0.3, 0.4) is 0 Å². The summed E-state index contributed by atoms with van der Waals surface area (Å²) in [7, 11) is -0.242. The first-order valence-corrected chi connectivity index (χ1v) is 4.52. The fourth-order valence-corrected chi connectivity index (χ4v) is 1.16. The standard InChI is InChI=1S/C8H12Si/c1-4-5-6-9-7-8(2)3/h4,7H,1,9H2,2-3H3. The molecule has 0 bridgehead atoms. The molecule has 0 unspecified atom stereocenters. The highest BCUT2D eigenvalue weighted by molar-refractivity contribution is 6.52. The Kier molecular flexibility index (Phi) is 4.95. The summed E-state index contributed by atoms with van der Waals surface area (Å²) in [6, 6.07) is 0. The second-order valence-corrected chi connectivity index (χ2v) is 3.18. The van der Waals surface area contributed by atoms with Crippen molar-refractivity contribution in [1.82, 2.24) is 0 Å². The first kappa shape index (κ1) is 8.26. The van der Waals surface area contributed by atoms with Crippen molar-refractivity contribution in [1.29, 1.82) is 0 Å². The van der Waals surface area contributed by atoms with Gasteiger partial charge in [0.05, 0.1) is 0 Å². The zero-order valence-corrected chi connectivity index (χ0v) is 7.48. The van der Waals surface area contributed by atoms with E-state index in [0.717, 1.165) is 0 Å². The van der Waals surface area contributed by atoms with Crippen LogP contribution in [0.1, 0.15) is 13.8 Å². The van der Waals surface area contributed by atoms with Crippen LogP contribution in [0.5, 0.6) is 0 Å². The summed E-state index contributed by atoms with van der Waals surface area (Å²) in [4.78, 5) is 0. The molecule has 0 aromatic carbocycles. The van der Waals surface area contributed by atoms with Crippen LogP contribution in [0.4, 0.5) is 0 Å². The molecule has 0 heterocycles. The third-order valence-electron chi connectivity index (χ3n) is 0.816. The first-order valence-electron chi connectivity index (χ1n) is 3.00. The van der Waals surface area contributed by atoms with E-state index in [2.05, 4.69) is 37.6 Å². The quantitative estimate of drug-likeness (QED) is 0.376. The van der Waals surface area contributed by atoms with E-state index < -0.39 is 0 Å². The summed E-state index contributed by atoms with van der Waals surface area (Å²) in [6.45, 7) is 7.70. The zero-order valence-electron chi connectivity index (χ0n) is 6.07. The molecule has 0 atom stereocenters. The lowest BCUT2D eigenvalue weighted by atomic mass is 10.4. The second kappa shape index (κ2) is 5.39. The SMILES string of the molecule is C=CC#C[SiH2]C=C(C)C. The summed E-state index contributed by atoms with van der Waals surface area (Å²) in [5, 5.41) is 0. The summed E-state index contributed by atoms with van der Waals surface area (Å²) < 4.78 is 0. The van der Waals surface area contributed by atoms with E-state index in [1.807, 2.05) is 0 Å². The van der Waals surface area contributed by atoms with Crippen molar-refractivity contribution in [3.8, 4) is 11.5 Å².